The Bertz CT molecular complexity index is 1020. The standard InChI is InChI=1S/C27H36N4O3/c1-18(32)19-8-10-22(11-9-19)28-27(33)34-17-23-14-21-12-13-31(23)16-24(21)26-15-25(29-30(26)2)20-6-4-3-5-7-20/h8-11,15,20-21,23-24H,3-7,12-14,16-17H2,1-2H3,(H,28,33). The summed E-state index contributed by atoms with van der Waals surface area (Å²) in [6.07, 6.45) is 8.37. The van der Waals surface area contributed by atoms with Crippen LogP contribution in [0.15, 0.2) is 30.3 Å². The Morgan fingerprint density at radius 3 is 2.56 bits per heavy atom. The molecule has 1 aromatic heterocycles. The van der Waals surface area contributed by atoms with Gasteiger partial charge in [0.25, 0.3) is 0 Å². The van der Waals surface area contributed by atoms with Crippen LogP contribution in [0.4, 0.5) is 10.5 Å². The molecule has 2 bridgehead atoms. The van der Waals surface area contributed by atoms with Crippen molar-refractivity contribution in [2.45, 2.75) is 69.7 Å². The lowest BCUT2D eigenvalue weighted by Crippen LogP contribution is -2.54. The number of carbonyl (C=O) groups excluding carboxylic acids is 2. The molecule has 3 saturated heterocycles. The molecule has 182 valence electrons. The fourth-order valence-electron chi connectivity index (χ4n) is 6.21. The predicted molar refractivity (Wildman–Crippen MR) is 131 cm³/mol. The maximum absolute atomic E-state index is 12.3. The normalized spacial score (nSPS) is 26.9. The second kappa shape index (κ2) is 9.90. The molecule has 1 aliphatic carbocycles. The molecular formula is C27H36N4O3. The number of aromatic nitrogens is 2. The number of ketones is 1. The van der Waals surface area contributed by atoms with Gasteiger partial charge in [0, 0.05) is 48.4 Å². The van der Waals surface area contributed by atoms with E-state index in [1.165, 1.54) is 56.8 Å². The van der Waals surface area contributed by atoms with Crippen molar-refractivity contribution in [1.29, 1.82) is 0 Å². The van der Waals surface area contributed by atoms with E-state index in [1.807, 2.05) is 0 Å². The quantitative estimate of drug-likeness (QED) is 0.602. The number of ether oxygens (including phenoxy) is 1. The lowest BCUT2D eigenvalue weighted by molar-refractivity contribution is -0.00222. The minimum absolute atomic E-state index is 0.00478. The number of hydrogen-bond acceptors (Lipinski definition) is 5. The summed E-state index contributed by atoms with van der Waals surface area (Å²) in [5.41, 5.74) is 3.92. The molecule has 7 heteroatoms. The summed E-state index contributed by atoms with van der Waals surface area (Å²) in [5.74, 6) is 1.75. The zero-order chi connectivity index (χ0) is 23.7. The highest BCUT2D eigenvalue weighted by atomic mass is 16.5. The van der Waals surface area contributed by atoms with E-state index in [0.29, 0.717) is 35.6 Å². The lowest BCUT2D eigenvalue weighted by Gasteiger charge is -2.49. The van der Waals surface area contributed by atoms with E-state index in [4.69, 9.17) is 9.84 Å². The number of Topliss-reactive ketones (excluding diaryl/α,β-unsaturated/α-hetero) is 1. The Morgan fingerprint density at radius 1 is 1.12 bits per heavy atom. The number of hydrogen-bond donors (Lipinski definition) is 1. The summed E-state index contributed by atoms with van der Waals surface area (Å²) in [4.78, 5) is 26.2. The van der Waals surface area contributed by atoms with Crippen molar-refractivity contribution in [3.8, 4) is 0 Å². The van der Waals surface area contributed by atoms with Crippen LogP contribution >= 0.6 is 0 Å². The van der Waals surface area contributed by atoms with Crippen LogP contribution in [0.25, 0.3) is 0 Å². The van der Waals surface area contributed by atoms with Crippen LogP contribution in [0.3, 0.4) is 0 Å². The van der Waals surface area contributed by atoms with Crippen molar-refractivity contribution in [3.63, 3.8) is 0 Å². The van der Waals surface area contributed by atoms with Crippen molar-refractivity contribution in [2.24, 2.45) is 13.0 Å². The van der Waals surface area contributed by atoms with Gasteiger partial charge in [0.05, 0.1) is 5.69 Å². The van der Waals surface area contributed by atoms with E-state index < -0.39 is 6.09 Å². The Balaban J connectivity index is 1.15. The minimum atomic E-state index is -0.446. The minimum Gasteiger partial charge on any atom is -0.448 e. The van der Waals surface area contributed by atoms with Gasteiger partial charge < -0.3 is 4.74 Å². The Hall–Kier alpha value is -2.67. The van der Waals surface area contributed by atoms with E-state index in [0.717, 1.165) is 19.5 Å². The van der Waals surface area contributed by atoms with Crippen molar-refractivity contribution < 1.29 is 14.3 Å². The summed E-state index contributed by atoms with van der Waals surface area (Å²) in [5, 5.41) is 7.69. The van der Waals surface area contributed by atoms with Gasteiger partial charge in [-0.3, -0.25) is 19.7 Å². The third-order valence-corrected chi connectivity index (χ3v) is 8.16. The van der Waals surface area contributed by atoms with Crippen LogP contribution in [0.1, 0.15) is 85.5 Å². The molecular weight excluding hydrogens is 428 g/mol. The number of rotatable bonds is 6. The average Bonchev–Trinajstić information content (AvgIpc) is 3.25. The second-order valence-corrected chi connectivity index (χ2v) is 10.3. The zero-order valence-electron chi connectivity index (χ0n) is 20.3. The molecule has 0 spiro atoms. The molecule has 6 rings (SSSR count). The monoisotopic (exact) mass is 464 g/mol. The topological polar surface area (TPSA) is 76.5 Å². The fraction of sp³-hybridized carbons (Fsp3) is 0.593. The first-order valence-electron chi connectivity index (χ1n) is 12.8. The molecule has 4 fully saturated rings. The number of nitrogens with zero attached hydrogens (tertiary/aromatic N) is 3. The van der Waals surface area contributed by atoms with Crippen LogP contribution in [0.2, 0.25) is 0 Å². The van der Waals surface area contributed by atoms with Gasteiger partial charge in [-0.15, -0.1) is 0 Å². The highest BCUT2D eigenvalue weighted by molar-refractivity contribution is 5.94. The van der Waals surface area contributed by atoms with E-state index in [1.54, 1.807) is 24.3 Å². The van der Waals surface area contributed by atoms with Gasteiger partial charge in [0.1, 0.15) is 6.61 Å². The molecule has 1 aromatic carbocycles. The Labute approximate surface area is 201 Å². The number of piperidine rings is 3. The summed E-state index contributed by atoms with van der Waals surface area (Å²) >= 11 is 0. The first-order chi connectivity index (χ1) is 16.5. The third-order valence-electron chi connectivity index (χ3n) is 8.16. The van der Waals surface area contributed by atoms with Gasteiger partial charge in [-0.25, -0.2) is 4.79 Å². The summed E-state index contributed by atoms with van der Waals surface area (Å²) in [7, 11) is 2.10. The van der Waals surface area contributed by atoms with Crippen LogP contribution in [0, 0.1) is 5.92 Å². The maximum Gasteiger partial charge on any atom is 0.411 e. The highest BCUT2D eigenvalue weighted by Gasteiger charge is 2.42. The smallest absolute Gasteiger partial charge is 0.411 e. The first kappa shape index (κ1) is 23.1. The van der Waals surface area contributed by atoms with Gasteiger partial charge in [0.15, 0.2) is 5.78 Å². The van der Waals surface area contributed by atoms with Crippen LogP contribution in [0.5, 0.6) is 0 Å². The van der Waals surface area contributed by atoms with Crippen molar-refractivity contribution in [3.05, 3.63) is 47.3 Å². The van der Waals surface area contributed by atoms with Crippen molar-refractivity contribution >= 4 is 17.6 Å². The molecule has 3 aliphatic heterocycles. The molecule has 4 unspecified atom stereocenters. The van der Waals surface area contributed by atoms with Crippen LogP contribution < -0.4 is 5.32 Å². The average molecular weight is 465 g/mol. The number of nitrogens with one attached hydrogen (secondary N) is 1. The van der Waals surface area contributed by atoms with Gasteiger partial charge in [0.2, 0.25) is 0 Å². The number of fused-ring (bicyclic) bond motifs is 3. The number of aryl methyl sites for hydroxylation is 1. The van der Waals surface area contributed by atoms with Crippen LogP contribution in [-0.2, 0) is 11.8 Å². The molecule has 1 amide bonds. The SMILES string of the molecule is CC(=O)c1ccc(NC(=O)OCC2CC3CCN2CC3c2cc(C3CCCCC3)nn2C)cc1. The summed E-state index contributed by atoms with van der Waals surface area (Å²) in [6.45, 7) is 4.00. The van der Waals surface area contributed by atoms with Gasteiger partial charge in [-0.2, -0.15) is 5.10 Å². The molecule has 4 aliphatic rings. The fourth-order valence-corrected chi connectivity index (χ4v) is 6.21. The second-order valence-electron chi connectivity index (χ2n) is 10.3. The number of anilines is 1. The number of amides is 1. The van der Waals surface area contributed by atoms with E-state index in [-0.39, 0.29) is 11.8 Å². The molecule has 7 nitrogen and oxygen atoms in total. The highest BCUT2D eigenvalue weighted by Crippen LogP contribution is 2.43. The Morgan fingerprint density at radius 2 is 1.88 bits per heavy atom. The lowest BCUT2D eigenvalue weighted by atomic mass is 9.74. The van der Waals surface area contributed by atoms with E-state index in [9.17, 15) is 9.59 Å². The summed E-state index contributed by atoms with van der Waals surface area (Å²) < 4.78 is 7.72. The molecule has 34 heavy (non-hydrogen) atoms. The van der Waals surface area contributed by atoms with Crippen molar-refractivity contribution in [1.82, 2.24) is 14.7 Å². The molecule has 1 N–H and O–H groups in total. The molecule has 1 saturated carbocycles. The first-order valence-corrected chi connectivity index (χ1v) is 12.8. The zero-order valence-corrected chi connectivity index (χ0v) is 20.3. The van der Waals surface area contributed by atoms with Gasteiger partial charge in [-0.1, -0.05) is 19.3 Å². The van der Waals surface area contributed by atoms with E-state index >= 15 is 0 Å². The third kappa shape index (κ3) is 4.90. The molecule has 4 atom stereocenters. The predicted octanol–water partition coefficient (Wildman–Crippen LogP) is 5.10. The molecule has 0 radical (unpaired) electrons. The van der Waals surface area contributed by atoms with Crippen molar-refractivity contribution in [2.75, 3.05) is 25.0 Å². The van der Waals surface area contributed by atoms with Crippen LogP contribution in [-0.4, -0.2) is 52.3 Å². The molecule has 4 heterocycles. The van der Waals surface area contributed by atoms with Gasteiger partial charge in [-0.05, 0) is 75.4 Å². The Kier molecular flexibility index (Phi) is 6.73. The van der Waals surface area contributed by atoms with Gasteiger partial charge >= 0.3 is 6.09 Å². The summed E-state index contributed by atoms with van der Waals surface area (Å²) in [6, 6.07) is 9.53. The number of benzene rings is 1. The largest absolute Gasteiger partial charge is 0.448 e. The molecule has 2 aromatic rings. The van der Waals surface area contributed by atoms with E-state index in [2.05, 4.69) is 28.0 Å². The number of carbonyl (C=O) groups is 2. The maximum atomic E-state index is 12.3.